The number of hydrogen-bond acceptors (Lipinski definition) is 3. The van der Waals surface area contributed by atoms with E-state index in [9.17, 15) is 23.1 Å². The third-order valence-electron chi connectivity index (χ3n) is 7.72. The largest absolute Gasteiger partial charge is 0.490 e. The molecular formula is C27H34F3NO3. The number of ether oxygens (including phenoxy) is 1. The lowest BCUT2D eigenvalue weighted by Gasteiger charge is -2.29. The van der Waals surface area contributed by atoms with Crippen molar-refractivity contribution in [2.45, 2.75) is 89.6 Å². The van der Waals surface area contributed by atoms with Gasteiger partial charge in [0.05, 0.1) is 12.0 Å². The van der Waals surface area contributed by atoms with E-state index in [1.165, 1.54) is 6.07 Å². The van der Waals surface area contributed by atoms with E-state index in [2.05, 4.69) is 12.2 Å². The Kier molecular flexibility index (Phi) is 7.41. The zero-order chi connectivity index (χ0) is 24.5. The zero-order valence-electron chi connectivity index (χ0n) is 19.8. The molecule has 0 radical (unpaired) electrons. The second-order valence-electron chi connectivity index (χ2n) is 10.0. The van der Waals surface area contributed by atoms with E-state index < -0.39 is 17.7 Å². The average molecular weight is 478 g/mol. The van der Waals surface area contributed by atoms with Gasteiger partial charge in [0.25, 0.3) is 0 Å². The van der Waals surface area contributed by atoms with Crippen LogP contribution < -0.4 is 10.1 Å². The molecular weight excluding hydrogens is 443 g/mol. The number of fused-ring (bicyclic) bond motifs is 1. The van der Waals surface area contributed by atoms with Crippen molar-refractivity contribution in [3.63, 3.8) is 0 Å². The predicted octanol–water partition coefficient (Wildman–Crippen LogP) is 7.11. The SMILES string of the molecule is CCC1CCC(Oc2ccc3ccc(C(C)NC4CCC(C(=O)O)C4)cc3c2C(F)(F)F)CC1. The van der Waals surface area contributed by atoms with Crippen LogP contribution in [0.25, 0.3) is 10.8 Å². The fraction of sp³-hybridized carbons (Fsp3) is 0.593. The molecule has 0 amide bonds. The van der Waals surface area contributed by atoms with E-state index in [-0.39, 0.29) is 35.2 Å². The number of halogens is 3. The van der Waals surface area contributed by atoms with E-state index >= 15 is 0 Å². The molecule has 0 heterocycles. The Bertz CT molecular complexity index is 1010. The summed E-state index contributed by atoms with van der Waals surface area (Å²) < 4.78 is 48.8. The number of carboxylic acid groups (broad SMARTS) is 1. The summed E-state index contributed by atoms with van der Waals surface area (Å²) in [6, 6.07) is 8.19. The molecule has 4 rings (SSSR count). The summed E-state index contributed by atoms with van der Waals surface area (Å²) in [4.78, 5) is 11.2. The number of nitrogens with one attached hydrogen (secondary N) is 1. The number of rotatable bonds is 7. The van der Waals surface area contributed by atoms with Gasteiger partial charge in [0.15, 0.2) is 0 Å². The number of benzene rings is 2. The van der Waals surface area contributed by atoms with Gasteiger partial charge < -0.3 is 15.2 Å². The summed E-state index contributed by atoms with van der Waals surface area (Å²) in [5.74, 6) is -0.586. The molecule has 2 N–H and O–H groups in total. The Hall–Kier alpha value is -2.28. The van der Waals surface area contributed by atoms with Crippen molar-refractivity contribution >= 4 is 16.7 Å². The lowest BCUT2D eigenvalue weighted by Crippen LogP contribution is -2.30. The van der Waals surface area contributed by atoms with Crippen LogP contribution in [-0.4, -0.2) is 23.2 Å². The maximum atomic E-state index is 14.3. The van der Waals surface area contributed by atoms with Crippen molar-refractivity contribution in [1.29, 1.82) is 0 Å². The van der Waals surface area contributed by atoms with E-state index in [1.54, 1.807) is 18.2 Å². The molecule has 2 fully saturated rings. The van der Waals surface area contributed by atoms with Gasteiger partial charge in [-0.2, -0.15) is 13.2 Å². The fourth-order valence-electron chi connectivity index (χ4n) is 5.62. The first-order chi connectivity index (χ1) is 16.2. The van der Waals surface area contributed by atoms with Crippen LogP contribution in [0.4, 0.5) is 13.2 Å². The van der Waals surface area contributed by atoms with Crippen molar-refractivity contribution in [2.75, 3.05) is 0 Å². The molecule has 34 heavy (non-hydrogen) atoms. The molecule has 7 heteroatoms. The molecule has 0 spiro atoms. The van der Waals surface area contributed by atoms with Crippen molar-refractivity contribution in [2.24, 2.45) is 11.8 Å². The highest BCUT2D eigenvalue weighted by molar-refractivity contribution is 5.89. The highest BCUT2D eigenvalue weighted by Crippen LogP contribution is 2.43. The summed E-state index contributed by atoms with van der Waals surface area (Å²) in [5, 5.41) is 13.3. The summed E-state index contributed by atoms with van der Waals surface area (Å²) in [6.45, 7) is 4.07. The lowest BCUT2D eigenvalue weighted by molar-refractivity contribution is -0.141. The van der Waals surface area contributed by atoms with Gasteiger partial charge in [-0.3, -0.25) is 4.79 Å². The monoisotopic (exact) mass is 477 g/mol. The quantitative estimate of drug-likeness (QED) is 0.446. The highest BCUT2D eigenvalue weighted by atomic mass is 19.4. The average Bonchev–Trinajstić information content (AvgIpc) is 3.27. The molecule has 0 aliphatic heterocycles. The number of carbonyl (C=O) groups is 1. The van der Waals surface area contributed by atoms with Gasteiger partial charge in [0.2, 0.25) is 0 Å². The molecule has 0 saturated heterocycles. The van der Waals surface area contributed by atoms with Crippen LogP contribution in [-0.2, 0) is 11.0 Å². The summed E-state index contributed by atoms with van der Waals surface area (Å²) in [5.41, 5.74) is 0.0425. The van der Waals surface area contributed by atoms with E-state index in [1.807, 2.05) is 13.0 Å². The Labute approximate surface area is 198 Å². The number of hydrogen-bond donors (Lipinski definition) is 2. The molecule has 186 valence electrons. The molecule has 3 atom stereocenters. The van der Waals surface area contributed by atoms with E-state index in [4.69, 9.17) is 4.74 Å². The number of carboxylic acids is 1. The number of alkyl halides is 3. The topological polar surface area (TPSA) is 58.6 Å². The second kappa shape index (κ2) is 10.1. The van der Waals surface area contributed by atoms with Crippen LogP contribution in [0.5, 0.6) is 5.75 Å². The normalized spacial score (nSPS) is 26.5. The summed E-state index contributed by atoms with van der Waals surface area (Å²) in [6.07, 6.45) is 1.85. The predicted molar refractivity (Wildman–Crippen MR) is 126 cm³/mol. The first-order valence-electron chi connectivity index (χ1n) is 12.4. The summed E-state index contributed by atoms with van der Waals surface area (Å²) >= 11 is 0. The molecule has 2 aliphatic carbocycles. The fourth-order valence-corrected chi connectivity index (χ4v) is 5.62. The van der Waals surface area contributed by atoms with Crippen molar-refractivity contribution in [3.8, 4) is 5.75 Å². The van der Waals surface area contributed by atoms with Crippen molar-refractivity contribution < 1.29 is 27.8 Å². The maximum Gasteiger partial charge on any atom is 0.420 e. The molecule has 4 nitrogen and oxygen atoms in total. The van der Waals surface area contributed by atoms with Gasteiger partial charge in [0, 0.05) is 12.1 Å². The summed E-state index contributed by atoms with van der Waals surface area (Å²) in [7, 11) is 0. The molecule has 0 bridgehead atoms. The van der Waals surface area contributed by atoms with Crippen LogP contribution in [0.15, 0.2) is 30.3 Å². The standard InChI is InChI=1S/C27H34F3NO3/c1-3-17-4-11-22(12-5-17)34-24-13-9-18-6-7-19(15-23(18)25(24)27(28,29)30)16(2)31-21-10-8-20(14-21)26(32)33/h6-7,9,13,15-17,20-22,31H,3-5,8,10-12,14H2,1-2H3,(H,32,33). The Morgan fingerprint density at radius 3 is 2.44 bits per heavy atom. The molecule has 2 saturated carbocycles. The Morgan fingerprint density at radius 1 is 1.12 bits per heavy atom. The van der Waals surface area contributed by atoms with Gasteiger partial charge in [0.1, 0.15) is 11.3 Å². The molecule has 0 aromatic heterocycles. The van der Waals surface area contributed by atoms with Gasteiger partial charge in [-0.25, -0.2) is 0 Å². The van der Waals surface area contributed by atoms with Crippen LogP contribution >= 0.6 is 0 Å². The lowest BCUT2D eigenvalue weighted by atomic mass is 9.86. The Balaban J connectivity index is 1.58. The minimum Gasteiger partial charge on any atom is -0.490 e. The first-order valence-corrected chi connectivity index (χ1v) is 12.4. The zero-order valence-corrected chi connectivity index (χ0v) is 19.8. The van der Waals surface area contributed by atoms with Crippen LogP contribution in [0.3, 0.4) is 0 Å². The third kappa shape index (κ3) is 5.51. The van der Waals surface area contributed by atoms with E-state index in [0.717, 1.165) is 44.1 Å². The third-order valence-corrected chi connectivity index (χ3v) is 7.72. The van der Waals surface area contributed by atoms with Crippen LogP contribution in [0.2, 0.25) is 0 Å². The highest BCUT2D eigenvalue weighted by Gasteiger charge is 2.38. The molecule has 2 aliphatic rings. The number of aliphatic carboxylic acids is 1. The van der Waals surface area contributed by atoms with Crippen LogP contribution in [0, 0.1) is 11.8 Å². The minimum atomic E-state index is -4.54. The van der Waals surface area contributed by atoms with Gasteiger partial charge in [-0.15, -0.1) is 0 Å². The molecule has 2 aromatic rings. The Morgan fingerprint density at radius 2 is 1.82 bits per heavy atom. The smallest absolute Gasteiger partial charge is 0.420 e. The van der Waals surface area contributed by atoms with Crippen LogP contribution in [0.1, 0.15) is 82.4 Å². The molecule has 2 aromatic carbocycles. The van der Waals surface area contributed by atoms with Crippen molar-refractivity contribution in [3.05, 3.63) is 41.5 Å². The molecule has 3 unspecified atom stereocenters. The first kappa shape index (κ1) is 24.8. The van der Waals surface area contributed by atoms with Gasteiger partial charge >= 0.3 is 12.1 Å². The van der Waals surface area contributed by atoms with Gasteiger partial charge in [-0.1, -0.05) is 31.5 Å². The van der Waals surface area contributed by atoms with Gasteiger partial charge in [-0.05, 0) is 86.3 Å². The maximum absolute atomic E-state index is 14.3. The second-order valence-corrected chi connectivity index (χ2v) is 10.0. The van der Waals surface area contributed by atoms with E-state index in [0.29, 0.717) is 24.1 Å². The van der Waals surface area contributed by atoms with Crippen molar-refractivity contribution in [1.82, 2.24) is 5.32 Å². The minimum absolute atomic E-state index is 0.0433.